The third-order valence-corrected chi connectivity index (χ3v) is 5.02. The Morgan fingerprint density at radius 3 is 1.96 bits per heavy atom. The molecule has 0 unspecified atom stereocenters. The minimum absolute atomic E-state index is 0.122. The van der Waals surface area contributed by atoms with Crippen LogP contribution in [0.2, 0.25) is 0 Å². The highest BCUT2D eigenvalue weighted by molar-refractivity contribution is 5.78. The van der Waals surface area contributed by atoms with Crippen LogP contribution < -0.4 is 0 Å². The van der Waals surface area contributed by atoms with Crippen molar-refractivity contribution < 1.29 is 14.3 Å². The average molecular weight is 390 g/mol. The Balaban J connectivity index is 1.82. The van der Waals surface area contributed by atoms with Gasteiger partial charge in [-0.15, -0.1) is 0 Å². The van der Waals surface area contributed by atoms with Crippen molar-refractivity contribution in [3.8, 4) is 0 Å². The summed E-state index contributed by atoms with van der Waals surface area (Å²) in [5, 5.41) is 0. The molecule has 1 rings (SSSR count). The predicted octanol–water partition coefficient (Wildman–Crippen LogP) is 6.57. The van der Waals surface area contributed by atoms with E-state index in [0.29, 0.717) is 18.8 Å². The number of hydrogen-bond donors (Lipinski definition) is 0. The van der Waals surface area contributed by atoms with E-state index < -0.39 is 0 Å². The number of unbranched alkanes of at least 4 members (excludes halogenated alkanes) is 10. The van der Waals surface area contributed by atoms with E-state index in [2.05, 4.69) is 11.9 Å². The molecule has 0 amide bonds. The van der Waals surface area contributed by atoms with E-state index in [4.69, 9.17) is 4.74 Å². The molecule has 1 heterocycles. The highest BCUT2D eigenvalue weighted by Crippen LogP contribution is 2.12. The molecule has 0 aromatic carbocycles. The van der Waals surface area contributed by atoms with Crippen molar-refractivity contribution in [3.05, 3.63) is 30.1 Å². The minimum atomic E-state index is -0.122. The molecule has 0 saturated heterocycles. The van der Waals surface area contributed by atoms with Gasteiger partial charge in [0, 0.05) is 37.2 Å². The fraction of sp³-hybridized carbons (Fsp3) is 0.708. The molecule has 0 fully saturated rings. The van der Waals surface area contributed by atoms with Gasteiger partial charge in [0.25, 0.3) is 0 Å². The summed E-state index contributed by atoms with van der Waals surface area (Å²) in [4.78, 5) is 27.5. The van der Waals surface area contributed by atoms with Crippen LogP contribution in [0.1, 0.15) is 109 Å². The third kappa shape index (κ3) is 14.4. The summed E-state index contributed by atoms with van der Waals surface area (Å²) >= 11 is 0. The maximum absolute atomic E-state index is 11.8. The van der Waals surface area contributed by atoms with Crippen LogP contribution in [-0.2, 0) is 20.9 Å². The van der Waals surface area contributed by atoms with Gasteiger partial charge in [-0.1, -0.05) is 70.8 Å². The first kappa shape index (κ1) is 24.3. The standard InChI is InChI=1S/C24H39NO3/c1-2-3-4-11-16-23(26)17-12-9-7-5-6-8-10-13-18-24(27)28-21-22-15-14-19-25-20-22/h14-15,19-20H,2-13,16-18,21H2,1H3. The van der Waals surface area contributed by atoms with Crippen molar-refractivity contribution in [2.45, 2.75) is 110 Å². The molecule has 0 radical (unpaired) electrons. The summed E-state index contributed by atoms with van der Waals surface area (Å²) in [6, 6.07) is 3.75. The molecule has 28 heavy (non-hydrogen) atoms. The predicted molar refractivity (Wildman–Crippen MR) is 114 cm³/mol. The van der Waals surface area contributed by atoms with Gasteiger partial charge in [-0.25, -0.2) is 0 Å². The third-order valence-electron chi connectivity index (χ3n) is 5.02. The highest BCUT2D eigenvalue weighted by Gasteiger charge is 2.04. The lowest BCUT2D eigenvalue weighted by atomic mass is 10.0. The Kier molecular flexibility index (Phi) is 15.1. The van der Waals surface area contributed by atoms with E-state index >= 15 is 0 Å². The number of aromatic nitrogens is 1. The number of carbonyl (C=O) groups is 2. The van der Waals surface area contributed by atoms with Gasteiger partial charge in [-0.2, -0.15) is 0 Å². The van der Waals surface area contributed by atoms with Crippen LogP contribution in [0, 0.1) is 0 Å². The minimum Gasteiger partial charge on any atom is -0.461 e. The monoisotopic (exact) mass is 389 g/mol. The molecule has 0 atom stereocenters. The second-order valence-corrected chi connectivity index (χ2v) is 7.70. The van der Waals surface area contributed by atoms with Gasteiger partial charge in [0.15, 0.2) is 0 Å². The van der Waals surface area contributed by atoms with Gasteiger partial charge in [-0.05, 0) is 25.3 Å². The number of nitrogens with zero attached hydrogens (tertiary/aromatic N) is 1. The molecule has 0 saturated carbocycles. The van der Waals surface area contributed by atoms with Gasteiger partial charge < -0.3 is 4.74 Å². The molecule has 0 bridgehead atoms. The largest absolute Gasteiger partial charge is 0.461 e. The van der Waals surface area contributed by atoms with Gasteiger partial charge in [0.1, 0.15) is 12.4 Å². The van der Waals surface area contributed by atoms with E-state index in [9.17, 15) is 9.59 Å². The number of hydrogen-bond acceptors (Lipinski definition) is 4. The molecule has 0 N–H and O–H groups in total. The van der Waals surface area contributed by atoms with Gasteiger partial charge in [0.05, 0.1) is 0 Å². The first-order chi connectivity index (χ1) is 13.7. The van der Waals surface area contributed by atoms with E-state index in [1.807, 2.05) is 12.1 Å². The Morgan fingerprint density at radius 1 is 0.821 bits per heavy atom. The number of carbonyl (C=O) groups excluding carboxylic acids is 2. The number of pyridine rings is 1. The molecule has 0 aliphatic rings. The fourth-order valence-corrected chi connectivity index (χ4v) is 3.25. The lowest BCUT2D eigenvalue weighted by Crippen LogP contribution is -2.04. The van der Waals surface area contributed by atoms with Crippen LogP contribution in [0.3, 0.4) is 0 Å². The maximum atomic E-state index is 11.8. The highest BCUT2D eigenvalue weighted by atomic mass is 16.5. The summed E-state index contributed by atoms with van der Waals surface area (Å²) in [6.07, 6.45) is 19.3. The van der Waals surface area contributed by atoms with Crippen molar-refractivity contribution in [2.24, 2.45) is 0 Å². The van der Waals surface area contributed by atoms with Crippen LogP contribution in [0.25, 0.3) is 0 Å². The first-order valence-corrected chi connectivity index (χ1v) is 11.3. The summed E-state index contributed by atoms with van der Waals surface area (Å²) in [6.45, 7) is 2.51. The second kappa shape index (κ2) is 17.4. The molecule has 4 nitrogen and oxygen atoms in total. The van der Waals surface area contributed by atoms with Crippen molar-refractivity contribution >= 4 is 11.8 Å². The van der Waals surface area contributed by atoms with Crippen molar-refractivity contribution in [3.63, 3.8) is 0 Å². The second-order valence-electron chi connectivity index (χ2n) is 7.70. The molecule has 0 spiro atoms. The summed E-state index contributed by atoms with van der Waals surface area (Å²) in [5.41, 5.74) is 0.925. The summed E-state index contributed by atoms with van der Waals surface area (Å²) in [5.74, 6) is 0.328. The average Bonchev–Trinajstić information content (AvgIpc) is 2.72. The molecule has 1 aromatic heterocycles. The van der Waals surface area contributed by atoms with Crippen LogP contribution >= 0.6 is 0 Å². The van der Waals surface area contributed by atoms with E-state index in [1.165, 1.54) is 51.4 Å². The molecule has 0 aliphatic carbocycles. The number of ether oxygens (including phenoxy) is 1. The van der Waals surface area contributed by atoms with Crippen LogP contribution in [0.5, 0.6) is 0 Å². The van der Waals surface area contributed by atoms with Crippen LogP contribution in [0.15, 0.2) is 24.5 Å². The summed E-state index contributed by atoms with van der Waals surface area (Å²) in [7, 11) is 0. The smallest absolute Gasteiger partial charge is 0.306 e. The van der Waals surface area contributed by atoms with Crippen molar-refractivity contribution in [1.82, 2.24) is 4.98 Å². The summed E-state index contributed by atoms with van der Waals surface area (Å²) < 4.78 is 5.25. The fourth-order valence-electron chi connectivity index (χ4n) is 3.25. The molecule has 1 aromatic rings. The van der Waals surface area contributed by atoms with E-state index in [1.54, 1.807) is 12.4 Å². The van der Waals surface area contributed by atoms with E-state index in [-0.39, 0.29) is 5.97 Å². The zero-order valence-corrected chi connectivity index (χ0v) is 17.8. The van der Waals surface area contributed by atoms with E-state index in [0.717, 1.165) is 44.1 Å². The van der Waals surface area contributed by atoms with Gasteiger partial charge >= 0.3 is 5.97 Å². The number of Topliss-reactive ketones (excluding diaryl/α,β-unsaturated/α-hetero) is 1. The van der Waals surface area contributed by atoms with Crippen molar-refractivity contribution in [1.29, 1.82) is 0 Å². The Bertz CT molecular complexity index is 516. The molecule has 4 heteroatoms. The lowest BCUT2D eigenvalue weighted by molar-refractivity contribution is -0.145. The Morgan fingerprint density at radius 2 is 1.39 bits per heavy atom. The molecule has 0 aliphatic heterocycles. The zero-order valence-electron chi connectivity index (χ0n) is 17.8. The van der Waals surface area contributed by atoms with Gasteiger partial charge in [-0.3, -0.25) is 14.6 Å². The quantitative estimate of drug-likeness (QED) is 0.210. The Hall–Kier alpha value is -1.71. The Labute approximate surface area is 171 Å². The SMILES string of the molecule is CCCCCCC(=O)CCCCCCCCCCC(=O)OCc1cccnc1. The molecular formula is C24H39NO3. The number of rotatable bonds is 18. The molecular weight excluding hydrogens is 350 g/mol. The van der Waals surface area contributed by atoms with Crippen molar-refractivity contribution in [2.75, 3.05) is 0 Å². The lowest BCUT2D eigenvalue weighted by Gasteiger charge is -2.05. The van der Waals surface area contributed by atoms with Crippen LogP contribution in [-0.4, -0.2) is 16.7 Å². The zero-order chi connectivity index (χ0) is 20.3. The topological polar surface area (TPSA) is 56.3 Å². The number of esters is 1. The first-order valence-electron chi connectivity index (χ1n) is 11.3. The van der Waals surface area contributed by atoms with Crippen LogP contribution in [0.4, 0.5) is 0 Å². The maximum Gasteiger partial charge on any atom is 0.306 e. The van der Waals surface area contributed by atoms with Gasteiger partial charge in [0.2, 0.25) is 0 Å². The molecule has 158 valence electrons. The number of ketones is 1. The normalized spacial score (nSPS) is 10.8.